The van der Waals surface area contributed by atoms with Crippen molar-refractivity contribution in [3.05, 3.63) is 11.3 Å². The molecule has 2 heteroatoms. The molecule has 0 radical (unpaired) electrons. The fraction of sp³-hybridized carbons (Fsp3) is 0.800. The van der Waals surface area contributed by atoms with Gasteiger partial charge in [-0.25, -0.2) is 0 Å². The Bertz CT molecular complexity index is 330. The van der Waals surface area contributed by atoms with Crippen LogP contribution in [-0.2, 0) is 9.53 Å². The van der Waals surface area contributed by atoms with Crippen molar-refractivity contribution in [3.8, 4) is 0 Å². The lowest BCUT2D eigenvalue weighted by Crippen LogP contribution is -2.32. The maximum absolute atomic E-state index is 12.0. The van der Waals surface area contributed by atoms with Crippen LogP contribution in [0.15, 0.2) is 11.3 Å². The molecule has 0 aromatic rings. The first-order valence-corrected chi connectivity index (χ1v) is 7.07. The summed E-state index contributed by atoms with van der Waals surface area (Å²) in [6.45, 7) is 5.17. The molecule has 0 aromatic heterocycles. The highest BCUT2D eigenvalue weighted by atomic mass is 16.5. The highest BCUT2D eigenvalue weighted by molar-refractivity contribution is 5.95. The molecule has 0 heterocycles. The van der Waals surface area contributed by atoms with Crippen molar-refractivity contribution < 1.29 is 9.53 Å². The molecule has 2 aliphatic rings. The molecule has 0 aromatic carbocycles. The first-order valence-electron chi connectivity index (χ1n) is 7.07. The minimum atomic E-state index is 0.246. The summed E-state index contributed by atoms with van der Waals surface area (Å²) in [4.78, 5) is 12.0. The van der Waals surface area contributed by atoms with Gasteiger partial charge in [-0.2, -0.15) is 0 Å². The van der Waals surface area contributed by atoms with Gasteiger partial charge in [0.15, 0.2) is 11.5 Å². The molecule has 0 N–H and O–H groups in total. The van der Waals surface area contributed by atoms with E-state index in [1.807, 2.05) is 0 Å². The van der Waals surface area contributed by atoms with Crippen LogP contribution in [0.4, 0.5) is 0 Å². The van der Waals surface area contributed by atoms with E-state index >= 15 is 0 Å². The zero-order valence-corrected chi connectivity index (χ0v) is 11.2. The summed E-state index contributed by atoms with van der Waals surface area (Å²) in [6.07, 6.45) is 8.70. The van der Waals surface area contributed by atoms with Crippen molar-refractivity contribution >= 4 is 5.78 Å². The molecular formula is C15H24O2. The fourth-order valence-corrected chi connectivity index (χ4v) is 3.09. The number of ether oxygens (including phenoxy) is 1. The Morgan fingerprint density at radius 3 is 2.82 bits per heavy atom. The highest BCUT2D eigenvalue weighted by Crippen LogP contribution is 2.48. The summed E-state index contributed by atoms with van der Waals surface area (Å²) >= 11 is 0. The van der Waals surface area contributed by atoms with Gasteiger partial charge in [0.2, 0.25) is 0 Å². The topological polar surface area (TPSA) is 26.3 Å². The van der Waals surface area contributed by atoms with E-state index in [-0.39, 0.29) is 11.2 Å². The number of hydrogen-bond donors (Lipinski definition) is 0. The molecule has 0 bridgehead atoms. The second-order valence-electron chi connectivity index (χ2n) is 5.70. The zero-order chi connectivity index (χ0) is 12.3. The first kappa shape index (κ1) is 12.7. The zero-order valence-electron chi connectivity index (χ0n) is 11.2. The van der Waals surface area contributed by atoms with E-state index in [0.29, 0.717) is 13.0 Å². The summed E-state index contributed by atoms with van der Waals surface area (Å²) in [5.41, 5.74) is 1.59. The SMILES string of the molecule is CCCCOC1=C2CCCCC2(C)CCC1=O. The number of hydrogen-bond acceptors (Lipinski definition) is 2. The first-order chi connectivity index (χ1) is 8.17. The van der Waals surface area contributed by atoms with Crippen LogP contribution in [0.25, 0.3) is 0 Å². The fourth-order valence-electron chi connectivity index (χ4n) is 3.09. The highest BCUT2D eigenvalue weighted by Gasteiger charge is 2.39. The van der Waals surface area contributed by atoms with Gasteiger partial charge in [-0.05, 0) is 43.1 Å². The molecule has 1 unspecified atom stereocenters. The largest absolute Gasteiger partial charge is 0.490 e. The van der Waals surface area contributed by atoms with Crippen LogP contribution in [0.3, 0.4) is 0 Å². The van der Waals surface area contributed by atoms with Crippen molar-refractivity contribution in [2.24, 2.45) is 5.41 Å². The van der Waals surface area contributed by atoms with Crippen LogP contribution in [0.1, 0.15) is 65.2 Å². The molecule has 1 fully saturated rings. The maximum Gasteiger partial charge on any atom is 0.197 e. The van der Waals surface area contributed by atoms with Crippen molar-refractivity contribution in [2.75, 3.05) is 6.61 Å². The van der Waals surface area contributed by atoms with E-state index in [1.54, 1.807) is 0 Å². The van der Waals surface area contributed by atoms with Gasteiger partial charge < -0.3 is 4.74 Å². The predicted octanol–water partition coefficient (Wildman–Crippen LogP) is 4.00. The van der Waals surface area contributed by atoms with Gasteiger partial charge in [0.05, 0.1) is 6.61 Å². The van der Waals surface area contributed by atoms with Crippen molar-refractivity contribution in [3.63, 3.8) is 0 Å². The Morgan fingerprint density at radius 2 is 2.06 bits per heavy atom. The molecule has 0 spiro atoms. The summed E-state index contributed by atoms with van der Waals surface area (Å²) in [5.74, 6) is 0.988. The average Bonchev–Trinajstić information content (AvgIpc) is 2.33. The molecule has 1 saturated carbocycles. The van der Waals surface area contributed by atoms with Crippen LogP contribution >= 0.6 is 0 Å². The van der Waals surface area contributed by atoms with Crippen LogP contribution in [-0.4, -0.2) is 12.4 Å². The standard InChI is InChI=1S/C15H24O2/c1-3-4-11-17-14-12-7-5-6-9-15(12,2)10-8-13(14)16/h3-11H2,1-2H3. The number of carbonyl (C=O) groups is 1. The minimum absolute atomic E-state index is 0.246. The van der Waals surface area contributed by atoms with Crippen LogP contribution < -0.4 is 0 Å². The number of fused-ring (bicyclic) bond motifs is 1. The third-order valence-corrected chi connectivity index (χ3v) is 4.31. The van der Waals surface area contributed by atoms with E-state index in [2.05, 4.69) is 13.8 Å². The lowest BCUT2D eigenvalue weighted by atomic mass is 9.65. The number of carbonyl (C=O) groups excluding carboxylic acids is 1. The predicted molar refractivity (Wildman–Crippen MR) is 68.7 cm³/mol. The number of unbranched alkanes of at least 4 members (excludes halogenated alkanes) is 1. The maximum atomic E-state index is 12.0. The van der Waals surface area contributed by atoms with E-state index in [9.17, 15) is 4.79 Å². The van der Waals surface area contributed by atoms with Crippen LogP contribution in [0, 0.1) is 5.41 Å². The third-order valence-electron chi connectivity index (χ3n) is 4.31. The molecule has 2 rings (SSSR count). The van der Waals surface area contributed by atoms with Gasteiger partial charge in [-0.3, -0.25) is 4.79 Å². The number of ketones is 1. The van der Waals surface area contributed by atoms with Gasteiger partial charge >= 0.3 is 0 Å². The molecular weight excluding hydrogens is 212 g/mol. The summed E-state index contributed by atoms with van der Waals surface area (Å²) in [6, 6.07) is 0. The second-order valence-corrected chi connectivity index (χ2v) is 5.70. The van der Waals surface area contributed by atoms with Crippen molar-refractivity contribution in [1.29, 1.82) is 0 Å². The van der Waals surface area contributed by atoms with E-state index < -0.39 is 0 Å². The third kappa shape index (κ3) is 2.56. The lowest BCUT2D eigenvalue weighted by molar-refractivity contribution is -0.120. The Kier molecular flexibility index (Phi) is 3.90. The smallest absolute Gasteiger partial charge is 0.197 e. The second kappa shape index (κ2) is 5.24. The summed E-state index contributed by atoms with van der Waals surface area (Å²) in [7, 11) is 0. The van der Waals surface area contributed by atoms with E-state index in [4.69, 9.17) is 4.74 Å². The quantitative estimate of drug-likeness (QED) is 0.690. The van der Waals surface area contributed by atoms with Gasteiger partial charge in [-0.15, -0.1) is 0 Å². The van der Waals surface area contributed by atoms with Crippen molar-refractivity contribution in [2.45, 2.75) is 65.2 Å². The van der Waals surface area contributed by atoms with Gasteiger partial charge in [0.25, 0.3) is 0 Å². The van der Waals surface area contributed by atoms with Crippen LogP contribution in [0.2, 0.25) is 0 Å². The van der Waals surface area contributed by atoms with E-state index in [1.165, 1.54) is 24.8 Å². The number of allylic oxidation sites excluding steroid dienone is 2. The van der Waals surface area contributed by atoms with Crippen molar-refractivity contribution in [1.82, 2.24) is 0 Å². The molecule has 2 nitrogen and oxygen atoms in total. The Balaban J connectivity index is 2.18. The molecule has 0 saturated heterocycles. The Morgan fingerprint density at radius 1 is 1.24 bits per heavy atom. The van der Waals surface area contributed by atoms with Gasteiger partial charge in [0, 0.05) is 6.42 Å². The number of rotatable bonds is 4. The molecule has 17 heavy (non-hydrogen) atoms. The average molecular weight is 236 g/mol. The molecule has 2 aliphatic carbocycles. The molecule has 0 amide bonds. The Labute approximate surface area is 104 Å². The summed E-state index contributed by atoms with van der Waals surface area (Å²) in [5, 5.41) is 0. The normalized spacial score (nSPS) is 29.2. The van der Waals surface area contributed by atoms with Gasteiger partial charge in [0.1, 0.15) is 0 Å². The number of Topliss-reactive ketones (excluding diaryl/α,β-unsaturated/α-hetero) is 1. The minimum Gasteiger partial charge on any atom is -0.490 e. The van der Waals surface area contributed by atoms with Gasteiger partial charge in [-0.1, -0.05) is 26.7 Å². The Hall–Kier alpha value is -0.790. The molecule has 1 atom stereocenters. The van der Waals surface area contributed by atoms with E-state index in [0.717, 1.165) is 31.4 Å². The lowest BCUT2D eigenvalue weighted by Gasteiger charge is -2.40. The van der Waals surface area contributed by atoms with Crippen LogP contribution in [0.5, 0.6) is 0 Å². The molecule has 96 valence electrons. The monoisotopic (exact) mass is 236 g/mol. The molecule has 0 aliphatic heterocycles. The summed E-state index contributed by atoms with van der Waals surface area (Å²) < 4.78 is 5.80.